The minimum atomic E-state index is 0. The highest BCUT2D eigenvalue weighted by atomic mass is 35.5. The van der Waals surface area contributed by atoms with Crippen LogP contribution < -0.4 is 0 Å². The van der Waals surface area contributed by atoms with E-state index in [2.05, 4.69) is 4.98 Å². The summed E-state index contributed by atoms with van der Waals surface area (Å²) < 4.78 is 1.88. The third-order valence-corrected chi connectivity index (χ3v) is 2.51. The monoisotopic (exact) mass is 262 g/mol. The third-order valence-electron chi connectivity index (χ3n) is 1.95. The Morgan fingerprint density at radius 3 is 2.67 bits per heavy atom. The summed E-state index contributed by atoms with van der Waals surface area (Å²) in [5.74, 6) is 1.16. The lowest BCUT2D eigenvalue weighted by Crippen LogP contribution is -1.98. The number of imidazole rings is 1. The zero-order valence-electron chi connectivity index (χ0n) is 7.73. The molecule has 1 aromatic carbocycles. The summed E-state index contributed by atoms with van der Waals surface area (Å²) in [5, 5.41) is 0.692. The molecule has 5 heteroatoms. The van der Waals surface area contributed by atoms with Gasteiger partial charge < -0.3 is 4.57 Å². The number of hydrogen-bond acceptors (Lipinski definition) is 1. The van der Waals surface area contributed by atoms with Crippen LogP contribution >= 0.6 is 35.6 Å². The highest BCUT2D eigenvalue weighted by molar-refractivity contribution is 6.32. The highest BCUT2D eigenvalue weighted by Crippen LogP contribution is 2.21. The molecule has 0 aliphatic carbocycles. The van der Waals surface area contributed by atoms with Crippen LogP contribution in [-0.4, -0.2) is 9.55 Å². The fraction of sp³-hybridized carbons (Fsp3) is 0.100. The predicted molar refractivity (Wildman–Crippen MR) is 65.4 cm³/mol. The number of alkyl halides is 1. The van der Waals surface area contributed by atoms with Crippen molar-refractivity contribution < 1.29 is 0 Å². The minimum Gasteiger partial charge on any atom is -0.301 e. The van der Waals surface area contributed by atoms with Gasteiger partial charge in [-0.15, -0.1) is 24.0 Å². The number of para-hydroxylation sites is 1. The molecule has 0 radical (unpaired) electrons. The normalized spacial score (nSPS) is 9.73. The van der Waals surface area contributed by atoms with E-state index in [1.165, 1.54) is 0 Å². The predicted octanol–water partition coefficient (Wildman–Crippen LogP) is 3.69. The van der Waals surface area contributed by atoms with Gasteiger partial charge in [-0.05, 0) is 12.1 Å². The second kappa shape index (κ2) is 5.40. The maximum atomic E-state index is 6.05. The summed E-state index contributed by atoms with van der Waals surface area (Å²) in [5.41, 5.74) is 0.905. The zero-order chi connectivity index (χ0) is 9.97. The average molecular weight is 264 g/mol. The van der Waals surface area contributed by atoms with Crippen molar-refractivity contribution in [2.75, 3.05) is 0 Å². The van der Waals surface area contributed by atoms with Crippen LogP contribution in [0.2, 0.25) is 5.02 Å². The molecule has 0 aliphatic heterocycles. The first-order valence-electron chi connectivity index (χ1n) is 4.16. The zero-order valence-corrected chi connectivity index (χ0v) is 10.1. The van der Waals surface area contributed by atoms with Crippen LogP contribution in [0.25, 0.3) is 5.69 Å². The first-order chi connectivity index (χ1) is 6.83. The molecule has 15 heavy (non-hydrogen) atoms. The number of halogens is 3. The van der Waals surface area contributed by atoms with Gasteiger partial charge in [-0.3, -0.25) is 0 Å². The highest BCUT2D eigenvalue weighted by Gasteiger charge is 2.05. The van der Waals surface area contributed by atoms with E-state index in [0.717, 1.165) is 11.5 Å². The number of aromatic nitrogens is 2. The minimum absolute atomic E-state index is 0. The Balaban J connectivity index is 0.00000112. The summed E-state index contributed by atoms with van der Waals surface area (Å²) in [7, 11) is 0. The molecule has 1 aromatic heterocycles. The Morgan fingerprint density at radius 2 is 2.00 bits per heavy atom. The maximum Gasteiger partial charge on any atom is 0.128 e. The van der Waals surface area contributed by atoms with E-state index < -0.39 is 0 Å². The maximum absolute atomic E-state index is 6.05. The largest absolute Gasteiger partial charge is 0.301 e. The molecule has 0 fully saturated rings. The van der Waals surface area contributed by atoms with Crippen LogP contribution in [0.1, 0.15) is 5.82 Å². The molecule has 2 nitrogen and oxygen atoms in total. The summed E-state index contributed by atoms with van der Waals surface area (Å²) in [4.78, 5) is 4.12. The molecule has 0 atom stereocenters. The van der Waals surface area contributed by atoms with E-state index in [1.807, 2.05) is 35.0 Å². The van der Waals surface area contributed by atoms with Crippen LogP contribution in [-0.2, 0) is 5.88 Å². The van der Waals surface area contributed by atoms with E-state index in [9.17, 15) is 0 Å². The van der Waals surface area contributed by atoms with Gasteiger partial charge in [0, 0.05) is 12.4 Å². The lowest BCUT2D eigenvalue weighted by molar-refractivity contribution is 0.958. The van der Waals surface area contributed by atoms with Crippen molar-refractivity contribution in [1.82, 2.24) is 9.55 Å². The van der Waals surface area contributed by atoms with Gasteiger partial charge in [-0.25, -0.2) is 4.98 Å². The van der Waals surface area contributed by atoms with E-state index in [4.69, 9.17) is 23.2 Å². The first kappa shape index (κ1) is 12.4. The van der Waals surface area contributed by atoms with Crippen molar-refractivity contribution in [1.29, 1.82) is 0 Å². The summed E-state index contributed by atoms with van der Waals surface area (Å²) >= 11 is 11.8. The Bertz CT molecular complexity index is 440. The molecule has 2 rings (SSSR count). The quantitative estimate of drug-likeness (QED) is 0.756. The van der Waals surface area contributed by atoms with Gasteiger partial charge >= 0.3 is 0 Å². The van der Waals surface area contributed by atoms with Gasteiger partial charge in [0.1, 0.15) is 5.82 Å². The van der Waals surface area contributed by atoms with Crippen LogP contribution in [0.3, 0.4) is 0 Å². The molecule has 80 valence electrons. The van der Waals surface area contributed by atoms with E-state index in [0.29, 0.717) is 10.9 Å². The summed E-state index contributed by atoms with van der Waals surface area (Å²) in [6.07, 6.45) is 3.56. The number of nitrogens with zero attached hydrogens (tertiary/aromatic N) is 2. The van der Waals surface area contributed by atoms with Crippen LogP contribution in [0, 0.1) is 0 Å². The molecule has 0 saturated carbocycles. The van der Waals surface area contributed by atoms with Crippen LogP contribution in [0.5, 0.6) is 0 Å². The van der Waals surface area contributed by atoms with Crippen molar-refractivity contribution in [3.63, 3.8) is 0 Å². The molecule has 0 N–H and O–H groups in total. The second-order valence-corrected chi connectivity index (χ2v) is 3.47. The first-order valence-corrected chi connectivity index (χ1v) is 5.07. The third kappa shape index (κ3) is 2.46. The standard InChI is InChI=1S/C10H8Cl2N2.ClH/c11-7-10-13-5-6-14(10)9-4-2-1-3-8(9)12;/h1-6H,7H2;1H. The van der Waals surface area contributed by atoms with Gasteiger partial charge in [-0.2, -0.15) is 0 Å². The average Bonchev–Trinajstić information content (AvgIpc) is 2.66. The van der Waals surface area contributed by atoms with E-state index in [-0.39, 0.29) is 12.4 Å². The Hall–Kier alpha value is -0.700. The Kier molecular flexibility index (Phi) is 4.45. The van der Waals surface area contributed by atoms with Crippen molar-refractivity contribution in [2.45, 2.75) is 5.88 Å². The van der Waals surface area contributed by atoms with Crippen molar-refractivity contribution in [3.8, 4) is 5.69 Å². The van der Waals surface area contributed by atoms with Crippen LogP contribution in [0.4, 0.5) is 0 Å². The lowest BCUT2D eigenvalue weighted by atomic mass is 10.3. The van der Waals surface area contributed by atoms with Crippen molar-refractivity contribution in [3.05, 3.63) is 47.5 Å². The van der Waals surface area contributed by atoms with E-state index >= 15 is 0 Å². The van der Waals surface area contributed by atoms with Gasteiger partial charge in [0.2, 0.25) is 0 Å². The Morgan fingerprint density at radius 1 is 1.27 bits per heavy atom. The molecule has 1 heterocycles. The Labute approximate surface area is 104 Å². The van der Waals surface area contributed by atoms with Gasteiger partial charge in [0.25, 0.3) is 0 Å². The summed E-state index contributed by atoms with van der Waals surface area (Å²) in [6, 6.07) is 7.59. The molecule has 0 saturated heterocycles. The molecule has 2 aromatic rings. The SMILES string of the molecule is Cl.ClCc1nccn1-c1ccccc1Cl. The van der Waals surface area contributed by atoms with E-state index in [1.54, 1.807) is 6.20 Å². The van der Waals surface area contributed by atoms with Crippen LogP contribution in [0.15, 0.2) is 36.7 Å². The number of benzene rings is 1. The van der Waals surface area contributed by atoms with Crippen molar-refractivity contribution >= 4 is 35.6 Å². The van der Waals surface area contributed by atoms with Gasteiger partial charge in [0.05, 0.1) is 16.6 Å². The molecule has 0 amide bonds. The lowest BCUT2D eigenvalue weighted by Gasteiger charge is -2.07. The topological polar surface area (TPSA) is 17.8 Å². The molecule has 0 unspecified atom stereocenters. The smallest absolute Gasteiger partial charge is 0.128 e. The molecule has 0 bridgehead atoms. The fourth-order valence-electron chi connectivity index (χ4n) is 1.30. The molecular formula is C10H9Cl3N2. The van der Waals surface area contributed by atoms with Crippen molar-refractivity contribution in [2.24, 2.45) is 0 Å². The van der Waals surface area contributed by atoms with Gasteiger partial charge in [0.15, 0.2) is 0 Å². The second-order valence-electron chi connectivity index (χ2n) is 2.80. The summed E-state index contributed by atoms with van der Waals surface area (Å²) in [6.45, 7) is 0. The number of rotatable bonds is 2. The molecule has 0 spiro atoms. The molecular weight excluding hydrogens is 254 g/mol. The number of hydrogen-bond donors (Lipinski definition) is 0. The fourth-order valence-corrected chi connectivity index (χ4v) is 1.72. The van der Waals surface area contributed by atoms with Gasteiger partial charge in [-0.1, -0.05) is 23.7 Å². The molecule has 0 aliphatic rings.